The molecular weight excluding hydrogens is 366 g/mol. The van der Waals surface area contributed by atoms with Gasteiger partial charge in [0.2, 0.25) is 0 Å². The molecule has 0 aliphatic carbocycles. The largest absolute Gasteiger partial charge is 1.00 e. The van der Waals surface area contributed by atoms with Crippen LogP contribution in [0.25, 0.3) is 0 Å². The zero-order chi connectivity index (χ0) is 10.2. The predicted octanol–water partition coefficient (Wildman–Crippen LogP) is -2.72. The van der Waals surface area contributed by atoms with Gasteiger partial charge >= 0.3 is 121 Å². The number of hydrogen-bond donors (Lipinski definition) is 0. The molecule has 0 amide bonds. The molecule has 0 saturated heterocycles. The van der Waals surface area contributed by atoms with Crippen molar-refractivity contribution in [1.82, 2.24) is 0 Å². The third kappa shape index (κ3) is 2.49. The molecule has 0 aromatic heterocycles. The first-order chi connectivity index (χ1) is 5.13. The fourth-order valence-electron chi connectivity index (χ4n) is 0.744. The second-order valence-electron chi connectivity index (χ2n) is 2.81. The molecule has 13 heavy (non-hydrogen) atoms. The number of rotatable bonds is 0. The standard InChI is InChI=1S/3C2H3O.Hf.K.2N/c3*1-2-3;;;;/h3*1H3;;;;/q;;;-1;+1;;. The van der Waals surface area contributed by atoms with Crippen molar-refractivity contribution in [1.29, 1.82) is 6.29 Å². The topological polar surface area (TPSA) is 98.8 Å². The van der Waals surface area contributed by atoms with Gasteiger partial charge in [-0.2, -0.15) is 0 Å². The molecule has 0 spiro atoms. The van der Waals surface area contributed by atoms with Crippen molar-refractivity contribution >= 4 is 10.6 Å². The Bertz CT molecular complexity index is 483. The van der Waals surface area contributed by atoms with Crippen LogP contribution in [0.2, 0.25) is 0 Å². The third-order valence-corrected chi connectivity index (χ3v) is 16.4. The van der Waals surface area contributed by atoms with Crippen LogP contribution in [-0.2, 0) is 32.2 Å². The molecule has 0 aromatic carbocycles. The van der Waals surface area contributed by atoms with E-state index in [1.54, 1.807) is 0 Å². The van der Waals surface area contributed by atoms with Crippen LogP contribution in [0.4, 0.5) is 0 Å². The molecule has 0 bridgehead atoms. The van der Waals surface area contributed by atoms with Crippen LogP contribution in [0.1, 0.15) is 20.8 Å². The average molecular weight is 375 g/mol. The molecular formula is C6H9HfKN2O3. The van der Waals surface area contributed by atoms with E-state index in [2.05, 4.69) is 0 Å². The molecule has 5 nitrogen and oxygen atoms in total. The van der Waals surface area contributed by atoms with E-state index in [-0.39, 0.29) is 51.4 Å². The van der Waals surface area contributed by atoms with Crippen molar-refractivity contribution in [2.45, 2.75) is 20.8 Å². The Balaban J connectivity index is 0. The molecule has 7 heteroatoms. The Kier molecular flexibility index (Phi) is 5.84. The maximum atomic E-state index is 10.8. The molecule has 0 aliphatic heterocycles. The molecule has 0 saturated carbocycles. The van der Waals surface area contributed by atoms with Crippen LogP contribution < -0.4 is 51.4 Å². The minimum Gasteiger partial charge on any atom is 1.00 e. The molecule has 0 atom stereocenters. The van der Waals surface area contributed by atoms with E-state index in [0.29, 0.717) is 0 Å². The Hall–Kier alpha value is 0.936. The summed E-state index contributed by atoms with van der Waals surface area (Å²) in [6, 6.07) is 0. The zero-order valence-electron chi connectivity index (χ0n) is 8.12. The van der Waals surface area contributed by atoms with E-state index in [4.69, 9.17) is 0 Å². The fourth-order valence-corrected chi connectivity index (χ4v) is 6.09. The van der Waals surface area contributed by atoms with Gasteiger partial charge in [0, 0.05) is 0 Å². The van der Waals surface area contributed by atoms with Gasteiger partial charge in [0.25, 0.3) is 0 Å². The van der Waals surface area contributed by atoms with Crippen molar-refractivity contribution in [3.63, 3.8) is 0 Å². The van der Waals surface area contributed by atoms with Crippen molar-refractivity contribution in [2.75, 3.05) is 0 Å². The molecule has 0 heterocycles. The summed E-state index contributed by atoms with van der Waals surface area (Å²) in [6.07, 6.45) is 0. The first-order valence-electron chi connectivity index (χ1n) is 3.31. The van der Waals surface area contributed by atoms with Gasteiger partial charge in [-0.15, -0.1) is 0 Å². The maximum absolute atomic E-state index is 10.8. The summed E-state index contributed by atoms with van der Waals surface area (Å²) in [6.45, 7) is 2.58. The van der Waals surface area contributed by atoms with Crippen molar-refractivity contribution in [3.8, 4) is 0 Å². The molecule has 0 aromatic rings. The Morgan fingerprint density at radius 2 is 1.00 bits per heavy atom. The van der Waals surface area contributed by atoms with Gasteiger partial charge in [-0.05, 0) is 0 Å². The summed E-state index contributed by atoms with van der Waals surface area (Å²) in [5.74, 6) is 0. The quantitative estimate of drug-likeness (QED) is 0.429. The van der Waals surface area contributed by atoms with E-state index in [0.717, 1.165) is 20.8 Å². The summed E-state index contributed by atoms with van der Waals surface area (Å²) in [4.78, 5) is 32.5. The van der Waals surface area contributed by atoms with E-state index in [1.165, 1.54) is 0 Å². The van der Waals surface area contributed by atoms with Gasteiger partial charge in [-0.25, -0.2) is 0 Å². The summed E-state index contributed by atoms with van der Waals surface area (Å²) >= 11 is -6.41. The van der Waals surface area contributed by atoms with Crippen LogP contribution in [0.5, 0.6) is 0 Å². The molecule has 0 unspecified atom stereocenters. The molecule has 0 fully saturated rings. The molecule has 0 rings (SSSR count). The molecule has 66 valence electrons. The summed E-state index contributed by atoms with van der Waals surface area (Å²) < 4.78 is 15.6. The molecule has 0 radical (unpaired) electrons. The van der Waals surface area contributed by atoms with E-state index in [1.807, 2.05) is 0 Å². The van der Waals surface area contributed by atoms with Gasteiger partial charge in [-0.1, -0.05) is 0 Å². The van der Waals surface area contributed by atoms with Gasteiger partial charge in [0.1, 0.15) is 0 Å². The minimum absolute atomic E-state index is 0. The number of hydrogen-bond acceptors (Lipinski definition) is 5. The van der Waals surface area contributed by atoms with Crippen molar-refractivity contribution in [3.05, 3.63) is 0 Å². The first kappa shape index (κ1) is 16.4. The normalized spacial score (nSPS) is 9.31. The smallest absolute Gasteiger partial charge is 1.00 e. The number of nitrogens with zero attached hydrogens (tertiary/aromatic N) is 2. The van der Waals surface area contributed by atoms with Gasteiger partial charge < -0.3 is 0 Å². The second-order valence-corrected chi connectivity index (χ2v) is 18.6. The van der Waals surface area contributed by atoms with Gasteiger partial charge in [0.15, 0.2) is 0 Å². The van der Waals surface area contributed by atoms with Crippen LogP contribution >= 0.6 is 0 Å². The average Bonchev–Trinajstić information content (AvgIpc) is 1.86. The Morgan fingerprint density at radius 3 is 1.00 bits per heavy atom. The molecule has 0 N–H and O–H groups in total. The van der Waals surface area contributed by atoms with Crippen LogP contribution in [-0.4, -0.2) is 10.6 Å². The second kappa shape index (κ2) is 4.64. The minimum atomic E-state index is -6.41. The fraction of sp³-hybridized carbons (Fsp3) is 0.500. The summed E-state index contributed by atoms with van der Waals surface area (Å²) in [5, 5.41) is 0. The third-order valence-electron chi connectivity index (χ3n) is 2.00. The number of carbonyl (C=O) groups excluding carboxylic acids is 3. The van der Waals surface area contributed by atoms with E-state index in [9.17, 15) is 20.7 Å². The van der Waals surface area contributed by atoms with E-state index >= 15 is 0 Å². The van der Waals surface area contributed by atoms with Gasteiger partial charge in [0.05, 0.1) is 0 Å². The number of carbonyl (C=O) groups is 3. The SMILES string of the molecule is C[C](=O)[Hf-](#[N])(#[N])([C](C)=O)[C](C)=O.[K+]. The van der Waals surface area contributed by atoms with Crippen LogP contribution in [0.3, 0.4) is 0 Å². The zero-order valence-corrected chi connectivity index (χ0v) is 14.8. The van der Waals surface area contributed by atoms with E-state index < -0.39 is 28.4 Å². The Morgan fingerprint density at radius 1 is 0.846 bits per heavy atom. The van der Waals surface area contributed by atoms with Crippen LogP contribution in [0.15, 0.2) is 0 Å². The van der Waals surface area contributed by atoms with Crippen molar-refractivity contribution < 1.29 is 83.6 Å². The van der Waals surface area contributed by atoms with Crippen LogP contribution in [0, 0.1) is 6.29 Å². The monoisotopic (exact) mass is 376 g/mol. The predicted molar refractivity (Wildman–Crippen MR) is 35.5 cm³/mol. The molecule has 0 aliphatic rings. The first-order valence-corrected chi connectivity index (χ1v) is 11.9. The maximum Gasteiger partial charge on any atom is 1.00 e. The Labute approximate surface area is 119 Å². The van der Waals surface area contributed by atoms with Crippen molar-refractivity contribution in [2.24, 2.45) is 0 Å². The summed E-state index contributed by atoms with van der Waals surface area (Å²) in [7, 11) is 0. The van der Waals surface area contributed by atoms with Gasteiger partial charge in [-0.3, -0.25) is 0 Å². The summed E-state index contributed by atoms with van der Waals surface area (Å²) in [5.41, 5.74) is 0.